The maximum atomic E-state index is 12.8. The molecule has 1 aliphatic rings. The van der Waals surface area contributed by atoms with E-state index in [9.17, 15) is 14.4 Å². The first-order valence-electron chi connectivity index (χ1n) is 11.8. The van der Waals surface area contributed by atoms with Gasteiger partial charge < -0.3 is 23.9 Å². The van der Waals surface area contributed by atoms with Gasteiger partial charge >= 0.3 is 0 Å². The van der Waals surface area contributed by atoms with Gasteiger partial charge in [0.15, 0.2) is 24.8 Å². The number of carbonyl (C=O) groups excluding carboxylic acids is 3. The van der Waals surface area contributed by atoms with Crippen LogP contribution in [0.3, 0.4) is 0 Å². The molecule has 1 N–H and O–H groups in total. The van der Waals surface area contributed by atoms with Crippen LogP contribution in [0.5, 0.6) is 17.2 Å². The molecular formula is C29H24N2O7. The fourth-order valence-electron chi connectivity index (χ4n) is 3.91. The van der Waals surface area contributed by atoms with Gasteiger partial charge in [0, 0.05) is 11.3 Å². The molecule has 4 aromatic rings. The molecule has 0 bridgehead atoms. The Morgan fingerprint density at radius 3 is 2.47 bits per heavy atom. The quantitative estimate of drug-likeness (QED) is 0.323. The van der Waals surface area contributed by atoms with Crippen molar-refractivity contribution in [3.8, 4) is 17.2 Å². The lowest BCUT2D eigenvalue weighted by Gasteiger charge is -2.29. The third-order valence-electron chi connectivity index (χ3n) is 5.88. The number of rotatable bonds is 9. The number of methoxy groups -OCH3 is 1. The highest BCUT2D eigenvalue weighted by Crippen LogP contribution is 2.34. The average Bonchev–Trinajstić information content (AvgIpc) is 3.43. The number of carbonyl (C=O) groups is 3. The minimum absolute atomic E-state index is 0.0633. The van der Waals surface area contributed by atoms with Crippen LogP contribution < -0.4 is 24.4 Å². The summed E-state index contributed by atoms with van der Waals surface area (Å²) in [4.78, 5) is 39.6. The maximum absolute atomic E-state index is 12.8. The smallest absolute Gasteiger partial charge is 0.291 e. The molecule has 0 unspecified atom stereocenters. The van der Waals surface area contributed by atoms with E-state index >= 15 is 0 Å². The lowest BCUT2D eigenvalue weighted by molar-refractivity contribution is -0.121. The highest BCUT2D eigenvalue weighted by molar-refractivity contribution is 6.03. The van der Waals surface area contributed by atoms with Crippen LogP contribution in [0.2, 0.25) is 0 Å². The van der Waals surface area contributed by atoms with E-state index in [-0.39, 0.29) is 37.2 Å². The molecule has 192 valence electrons. The van der Waals surface area contributed by atoms with E-state index in [1.54, 1.807) is 73.8 Å². The molecule has 9 heteroatoms. The van der Waals surface area contributed by atoms with Crippen molar-refractivity contribution in [2.24, 2.45) is 0 Å². The summed E-state index contributed by atoms with van der Waals surface area (Å²) in [6.45, 7) is -0.269. The minimum Gasteiger partial charge on any atom is -0.497 e. The summed E-state index contributed by atoms with van der Waals surface area (Å²) < 4.78 is 22.0. The topological polar surface area (TPSA) is 107 Å². The van der Waals surface area contributed by atoms with Crippen LogP contribution in [0.25, 0.3) is 0 Å². The monoisotopic (exact) mass is 512 g/mol. The number of amides is 2. The molecule has 0 radical (unpaired) electrons. The number of ketones is 1. The number of hydrogen-bond acceptors (Lipinski definition) is 7. The van der Waals surface area contributed by atoms with Crippen LogP contribution in [-0.2, 0) is 11.3 Å². The molecule has 0 aliphatic carbocycles. The molecule has 38 heavy (non-hydrogen) atoms. The van der Waals surface area contributed by atoms with Crippen LogP contribution in [-0.4, -0.2) is 37.9 Å². The van der Waals surface area contributed by atoms with Gasteiger partial charge in [-0.15, -0.1) is 0 Å². The van der Waals surface area contributed by atoms with Crippen molar-refractivity contribution in [2.75, 3.05) is 30.5 Å². The summed E-state index contributed by atoms with van der Waals surface area (Å²) in [5, 5.41) is 2.76. The Morgan fingerprint density at radius 1 is 0.947 bits per heavy atom. The Morgan fingerprint density at radius 2 is 1.71 bits per heavy atom. The molecule has 0 atom stereocenters. The molecule has 2 amide bonds. The first-order chi connectivity index (χ1) is 18.5. The molecule has 3 aromatic carbocycles. The number of hydrogen-bond donors (Lipinski definition) is 1. The van der Waals surface area contributed by atoms with Crippen LogP contribution in [0.4, 0.5) is 11.4 Å². The number of nitrogens with one attached hydrogen (secondary N) is 1. The number of ether oxygens (including phenoxy) is 3. The van der Waals surface area contributed by atoms with Crippen molar-refractivity contribution in [1.82, 2.24) is 0 Å². The number of fused-ring (bicyclic) bond motifs is 1. The van der Waals surface area contributed by atoms with E-state index in [1.807, 2.05) is 18.2 Å². The molecule has 0 spiro atoms. The van der Waals surface area contributed by atoms with E-state index in [4.69, 9.17) is 18.6 Å². The second-order valence-corrected chi connectivity index (χ2v) is 8.42. The summed E-state index contributed by atoms with van der Waals surface area (Å²) in [6.07, 6.45) is 0. The van der Waals surface area contributed by atoms with Gasteiger partial charge in [-0.1, -0.05) is 18.2 Å². The third-order valence-corrected chi connectivity index (χ3v) is 5.88. The standard InChI is InChI=1S/C29H24N2O7/c1-35-21-8-10-22(11-9-21)36-17-25(32)19-7-13-26-24(15-19)31(28(33)18-37-26)16-23-12-14-27(38-23)29(34)30-20-5-3-2-4-6-20/h2-15H,16-18H2,1H3,(H,30,34). The Balaban J connectivity index is 1.28. The van der Waals surface area contributed by atoms with Gasteiger partial charge in [0.1, 0.15) is 23.0 Å². The Hall–Kier alpha value is -5.05. The minimum atomic E-state index is -0.402. The fraction of sp³-hybridized carbons (Fsp3) is 0.138. The average molecular weight is 513 g/mol. The van der Waals surface area contributed by atoms with Crippen molar-refractivity contribution >= 4 is 29.0 Å². The van der Waals surface area contributed by atoms with Gasteiger partial charge in [-0.3, -0.25) is 19.3 Å². The van der Waals surface area contributed by atoms with Crippen LogP contribution in [0.1, 0.15) is 26.7 Å². The molecule has 0 fully saturated rings. The van der Waals surface area contributed by atoms with Gasteiger partial charge in [-0.05, 0) is 66.7 Å². The SMILES string of the molecule is COc1ccc(OCC(=O)c2ccc3c(c2)N(Cc2ccc(C(=O)Nc4ccccc4)o2)C(=O)CO3)cc1. The molecular weight excluding hydrogens is 488 g/mol. The molecule has 0 saturated heterocycles. The zero-order chi connectivity index (χ0) is 26.5. The van der Waals surface area contributed by atoms with Crippen LogP contribution >= 0.6 is 0 Å². The zero-order valence-electron chi connectivity index (χ0n) is 20.5. The molecule has 0 saturated carbocycles. The molecule has 5 rings (SSSR count). The van der Waals surface area contributed by atoms with Crippen molar-refractivity contribution < 1.29 is 33.0 Å². The number of Topliss-reactive ketones (excluding diaryl/α,β-unsaturated/α-hetero) is 1. The Kier molecular flexibility index (Phi) is 7.08. The Labute approximate surface area is 218 Å². The van der Waals surface area contributed by atoms with E-state index in [2.05, 4.69) is 5.32 Å². The van der Waals surface area contributed by atoms with Gasteiger partial charge in [0.25, 0.3) is 11.8 Å². The fourth-order valence-corrected chi connectivity index (χ4v) is 3.91. The molecule has 9 nitrogen and oxygen atoms in total. The first kappa shape index (κ1) is 24.6. The van der Waals surface area contributed by atoms with Gasteiger partial charge in [0.05, 0.1) is 19.3 Å². The molecule has 1 aromatic heterocycles. The van der Waals surface area contributed by atoms with E-state index in [0.29, 0.717) is 39.9 Å². The second-order valence-electron chi connectivity index (χ2n) is 8.42. The predicted molar refractivity (Wildman–Crippen MR) is 139 cm³/mol. The lowest BCUT2D eigenvalue weighted by atomic mass is 10.1. The largest absolute Gasteiger partial charge is 0.497 e. The van der Waals surface area contributed by atoms with Crippen molar-refractivity contribution in [3.05, 3.63) is 102 Å². The normalized spacial score (nSPS) is 12.3. The summed E-state index contributed by atoms with van der Waals surface area (Å²) in [7, 11) is 1.57. The van der Waals surface area contributed by atoms with E-state index < -0.39 is 5.91 Å². The van der Waals surface area contributed by atoms with E-state index in [1.165, 1.54) is 4.90 Å². The molecule has 2 heterocycles. The third kappa shape index (κ3) is 5.52. The summed E-state index contributed by atoms with van der Waals surface area (Å²) in [6, 6.07) is 24.0. The van der Waals surface area contributed by atoms with Crippen molar-refractivity contribution in [2.45, 2.75) is 6.54 Å². The van der Waals surface area contributed by atoms with Crippen molar-refractivity contribution in [3.63, 3.8) is 0 Å². The number of para-hydroxylation sites is 1. The van der Waals surface area contributed by atoms with Crippen LogP contribution in [0, 0.1) is 0 Å². The highest BCUT2D eigenvalue weighted by Gasteiger charge is 2.28. The summed E-state index contributed by atoms with van der Waals surface area (Å²) in [5.41, 5.74) is 1.44. The van der Waals surface area contributed by atoms with Gasteiger partial charge in [-0.25, -0.2) is 0 Å². The number of benzene rings is 3. The first-order valence-corrected chi connectivity index (χ1v) is 11.8. The van der Waals surface area contributed by atoms with Crippen LogP contribution in [0.15, 0.2) is 89.3 Å². The lowest BCUT2D eigenvalue weighted by Crippen LogP contribution is -2.38. The maximum Gasteiger partial charge on any atom is 0.291 e. The number of anilines is 2. The zero-order valence-corrected chi connectivity index (χ0v) is 20.5. The van der Waals surface area contributed by atoms with Gasteiger partial charge in [0.2, 0.25) is 0 Å². The van der Waals surface area contributed by atoms with Gasteiger partial charge in [-0.2, -0.15) is 0 Å². The second kappa shape index (κ2) is 10.9. The summed E-state index contributed by atoms with van der Waals surface area (Å²) >= 11 is 0. The number of furan rings is 1. The Bertz CT molecular complexity index is 1460. The van der Waals surface area contributed by atoms with Crippen molar-refractivity contribution in [1.29, 1.82) is 0 Å². The summed E-state index contributed by atoms with van der Waals surface area (Å²) in [5.74, 6) is 1.23. The predicted octanol–water partition coefficient (Wildman–Crippen LogP) is 4.73. The highest BCUT2D eigenvalue weighted by atomic mass is 16.5. The number of nitrogens with zero attached hydrogens (tertiary/aromatic N) is 1. The van der Waals surface area contributed by atoms with E-state index in [0.717, 1.165) is 0 Å². The molecule has 1 aliphatic heterocycles.